The first kappa shape index (κ1) is 10.6. The van der Waals surface area contributed by atoms with Crippen LogP contribution in [0.25, 0.3) is 5.52 Å². The lowest BCUT2D eigenvalue weighted by Crippen LogP contribution is -2.12. The molecule has 0 atom stereocenters. The number of rotatable bonds is 2. The van der Waals surface area contributed by atoms with Crippen LogP contribution in [0.1, 0.15) is 42.6 Å². The summed E-state index contributed by atoms with van der Waals surface area (Å²) in [5.41, 5.74) is 1.58. The molecule has 2 rings (SSSR count). The minimum atomic E-state index is -0.216. The zero-order valence-corrected chi connectivity index (χ0v) is 9.44. The van der Waals surface area contributed by atoms with E-state index in [-0.39, 0.29) is 17.3 Å². The van der Waals surface area contributed by atoms with Crippen molar-refractivity contribution in [2.45, 2.75) is 26.7 Å². The third-order valence-corrected chi connectivity index (χ3v) is 2.58. The van der Waals surface area contributed by atoms with Crippen LogP contribution in [-0.4, -0.2) is 20.4 Å². The van der Waals surface area contributed by atoms with Crippen LogP contribution in [0.5, 0.6) is 0 Å². The first-order valence-electron chi connectivity index (χ1n) is 5.12. The Labute approximate surface area is 92.1 Å². The summed E-state index contributed by atoms with van der Waals surface area (Å²) >= 11 is 0. The lowest BCUT2D eigenvalue weighted by atomic mass is 9.98. The summed E-state index contributed by atoms with van der Waals surface area (Å²) in [7, 11) is 0. The number of H-pyrrole nitrogens is 1. The van der Waals surface area contributed by atoms with Crippen molar-refractivity contribution in [3.63, 3.8) is 0 Å². The summed E-state index contributed by atoms with van der Waals surface area (Å²) < 4.78 is 1.46. The molecule has 2 heterocycles. The van der Waals surface area contributed by atoms with E-state index in [9.17, 15) is 9.59 Å². The van der Waals surface area contributed by atoms with Gasteiger partial charge in [-0.25, -0.2) is 4.52 Å². The molecule has 0 aromatic carbocycles. The number of carbonyl (C=O) groups is 1. The Morgan fingerprint density at radius 2 is 2.19 bits per heavy atom. The largest absolute Gasteiger partial charge is 0.310 e. The van der Waals surface area contributed by atoms with Gasteiger partial charge in [0, 0.05) is 11.8 Å². The van der Waals surface area contributed by atoms with Gasteiger partial charge in [0.2, 0.25) is 0 Å². The molecule has 84 valence electrons. The number of aromatic nitrogens is 3. The number of nitrogens with one attached hydrogen (secondary N) is 1. The second-order valence-corrected chi connectivity index (χ2v) is 4.08. The first-order valence-corrected chi connectivity index (χ1v) is 5.12. The molecule has 0 spiro atoms. The summed E-state index contributed by atoms with van der Waals surface area (Å²) in [6.07, 6.45) is 2.94. The Hall–Kier alpha value is -1.91. The first-order chi connectivity index (χ1) is 7.52. The topological polar surface area (TPSA) is 67.2 Å². The predicted molar refractivity (Wildman–Crippen MR) is 59.9 cm³/mol. The standard InChI is InChI=1S/C11H13N3O2/c1-6(2)9-8(7(3)15)4-14-10(9)11(16)12-5-13-14/h4-6H,1-3H3,(H,12,13,16). The molecule has 0 unspecified atom stereocenters. The average molecular weight is 219 g/mol. The van der Waals surface area contributed by atoms with Crippen LogP contribution in [-0.2, 0) is 0 Å². The van der Waals surface area contributed by atoms with Gasteiger partial charge in [-0.1, -0.05) is 13.8 Å². The molecule has 2 aromatic rings. The van der Waals surface area contributed by atoms with Crippen molar-refractivity contribution < 1.29 is 4.79 Å². The number of hydrogen-bond acceptors (Lipinski definition) is 3. The highest BCUT2D eigenvalue weighted by Crippen LogP contribution is 2.24. The van der Waals surface area contributed by atoms with Gasteiger partial charge in [0.15, 0.2) is 5.78 Å². The van der Waals surface area contributed by atoms with Crippen LogP contribution in [0, 0.1) is 0 Å². The molecule has 0 aliphatic heterocycles. The Morgan fingerprint density at radius 3 is 2.75 bits per heavy atom. The van der Waals surface area contributed by atoms with Gasteiger partial charge >= 0.3 is 0 Å². The molecule has 0 aliphatic carbocycles. The molecule has 1 N–H and O–H groups in total. The van der Waals surface area contributed by atoms with E-state index in [4.69, 9.17) is 0 Å². The lowest BCUT2D eigenvalue weighted by molar-refractivity contribution is 0.101. The van der Waals surface area contributed by atoms with Crippen molar-refractivity contribution in [2.24, 2.45) is 0 Å². The molecule has 0 fully saturated rings. The minimum absolute atomic E-state index is 0.0476. The van der Waals surface area contributed by atoms with Crippen molar-refractivity contribution in [3.05, 3.63) is 34.0 Å². The highest BCUT2D eigenvalue weighted by Gasteiger charge is 2.19. The van der Waals surface area contributed by atoms with Crippen LogP contribution < -0.4 is 5.56 Å². The van der Waals surface area contributed by atoms with Crippen LogP contribution in [0.2, 0.25) is 0 Å². The summed E-state index contributed by atoms with van der Waals surface area (Å²) in [4.78, 5) is 25.7. The molecule has 2 aromatic heterocycles. The van der Waals surface area contributed by atoms with E-state index in [0.29, 0.717) is 11.1 Å². The van der Waals surface area contributed by atoms with Crippen molar-refractivity contribution in [3.8, 4) is 0 Å². The molecular formula is C11H13N3O2. The SMILES string of the molecule is CC(=O)c1cn2nc[nH]c(=O)c2c1C(C)C. The Kier molecular flexibility index (Phi) is 2.38. The van der Waals surface area contributed by atoms with Gasteiger partial charge in [-0.05, 0) is 18.4 Å². The highest BCUT2D eigenvalue weighted by atomic mass is 16.1. The lowest BCUT2D eigenvalue weighted by Gasteiger charge is -2.04. The van der Waals surface area contributed by atoms with Gasteiger partial charge in [-0.3, -0.25) is 9.59 Å². The van der Waals surface area contributed by atoms with Crippen molar-refractivity contribution in [1.29, 1.82) is 0 Å². The minimum Gasteiger partial charge on any atom is -0.310 e. The number of nitrogens with zero attached hydrogens (tertiary/aromatic N) is 2. The van der Waals surface area contributed by atoms with E-state index in [2.05, 4.69) is 10.1 Å². The maximum absolute atomic E-state index is 11.7. The molecule has 0 saturated heterocycles. The Balaban J connectivity index is 2.94. The highest BCUT2D eigenvalue weighted by molar-refractivity contribution is 5.97. The fourth-order valence-corrected chi connectivity index (χ4v) is 1.91. The van der Waals surface area contributed by atoms with Crippen molar-refractivity contribution >= 4 is 11.3 Å². The van der Waals surface area contributed by atoms with Crippen LogP contribution in [0.3, 0.4) is 0 Å². The molecule has 0 saturated carbocycles. The number of fused-ring (bicyclic) bond motifs is 1. The van der Waals surface area contributed by atoms with Crippen molar-refractivity contribution in [1.82, 2.24) is 14.6 Å². The quantitative estimate of drug-likeness (QED) is 0.775. The van der Waals surface area contributed by atoms with E-state index in [1.165, 1.54) is 17.8 Å². The van der Waals surface area contributed by atoms with Crippen LogP contribution >= 0.6 is 0 Å². The molecule has 16 heavy (non-hydrogen) atoms. The number of Topliss-reactive ketones (excluding diaryl/α,β-unsaturated/α-hetero) is 1. The van der Waals surface area contributed by atoms with E-state index < -0.39 is 0 Å². The number of aromatic amines is 1. The van der Waals surface area contributed by atoms with Gasteiger partial charge in [-0.15, -0.1) is 0 Å². The second-order valence-electron chi connectivity index (χ2n) is 4.08. The number of carbonyl (C=O) groups excluding carboxylic acids is 1. The van der Waals surface area contributed by atoms with Gasteiger partial charge in [-0.2, -0.15) is 5.10 Å². The zero-order chi connectivity index (χ0) is 11.9. The average Bonchev–Trinajstić information content (AvgIpc) is 2.58. The monoisotopic (exact) mass is 219 g/mol. The molecule has 5 heteroatoms. The Bertz CT molecular complexity index is 607. The molecule has 0 aliphatic rings. The molecule has 0 radical (unpaired) electrons. The van der Waals surface area contributed by atoms with Gasteiger partial charge in [0.1, 0.15) is 11.8 Å². The zero-order valence-electron chi connectivity index (χ0n) is 9.44. The van der Waals surface area contributed by atoms with E-state index in [1.54, 1.807) is 6.20 Å². The maximum Gasteiger partial charge on any atom is 0.275 e. The smallest absolute Gasteiger partial charge is 0.275 e. The van der Waals surface area contributed by atoms with E-state index in [1.807, 2.05) is 13.8 Å². The summed E-state index contributed by atoms with van der Waals surface area (Å²) in [6.45, 7) is 5.40. The second kappa shape index (κ2) is 3.59. The third kappa shape index (κ3) is 1.44. The number of ketones is 1. The van der Waals surface area contributed by atoms with Crippen molar-refractivity contribution in [2.75, 3.05) is 0 Å². The van der Waals surface area contributed by atoms with Gasteiger partial charge in [0.25, 0.3) is 5.56 Å². The fourth-order valence-electron chi connectivity index (χ4n) is 1.91. The Morgan fingerprint density at radius 1 is 1.50 bits per heavy atom. The number of hydrogen-bond donors (Lipinski definition) is 1. The van der Waals surface area contributed by atoms with E-state index in [0.717, 1.165) is 5.56 Å². The normalized spacial score (nSPS) is 11.2. The summed E-state index contributed by atoms with van der Waals surface area (Å²) in [5, 5.41) is 4.00. The molecule has 0 bridgehead atoms. The van der Waals surface area contributed by atoms with E-state index >= 15 is 0 Å². The van der Waals surface area contributed by atoms with Gasteiger partial charge < -0.3 is 4.98 Å². The van der Waals surface area contributed by atoms with Crippen LogP contribution in [0.4, 0.5) is 0 Å². The molecular weight excluding hydrogens is 206 g/mol. The third-order valence-electron chi connectivity index (χ3n) is 2.58. The summed E-state index contributed by atoms with van der Waals surface area (Å²) in [6, 6.07) is 0. The summed E-state index contributed by atoms with van der Waals surface area (Å²) in [5.74, 6) is 0.0581. The maximum atomic E-state index is 11.7. The fraction of sp³-hybridized carbons (Fsp3) is 0.364. The predicted octanol–water partition coefficient (Wildman–Crippen LogP) is 1.35. The molecule has 5 nitrogen and oxygen atoms in total. The van der Waals surface area contributed by atoms with Gasteiger partial charge in [0.05, 0.1) is 0 Å². The van der Waals surface area contributed by atoms with Crippen LogP contribution in [0.15, 0.2) is 17.3 Å². The molecule has 0 amide bonds.